The number of phenols is 1. The maximum Gasteiger partial charge on any atom is 0.427 e. The van der Waals surface area contributed by atoms with Crippen LogP contribution in [0.25, 0.3) is 0 Å². The molecule has 2 rings (SSSR count). The summed E-state index contributed by atoms with van der Waals surface area (Å²) in [6.07, 6.45) is -0.140. The van der Waals surface area contributed by atoms with Crippen LogP contribution in [0.2, 0.25) is 0 Å². The van der Waals surface area contributed by atoms with Gasteiger partial charge in [-0.1, -0.05) is 19.1 Å². The third-order valence-corrected chi connectivity index (χ3v) is 4.48. The average Bonchev–Trinajstić information content (AvgIpc) is 2.43. The van der Waals surface area contributed by atoms with E-state index in [1.807, 2.05) is 0 Å². The molecule has 1 atom stereocenters. The molecule has 142 valence electrons. The summed E-state index contributed by atoms with van der Waals surface area (Å²) in [7, 11) is -4.85. The number of phenolic OH excluding ortho intramolecular Hbond substituents is 1. The molecule has 0 aromatic heterocycles. The lowest BCUT2D eigenvalue weighted by Gasteiger charge is -2.31. The SMILES string of the molecule is CC(CC(O)(O)C1=C(NP(=O)(O)O)CC(=O)C=C1O)c1cccc(O)c1. The fourth-order valence-corrected chi connectivity index (χ4v) is 3.43. The van der Waals surface area contributed by atoms with Gasteiger partial charge in [-0.15, -0.1) is 0 Å². The molecule has 0 saturated heterocycles. The Morgan fingerprint density at radius 3 is 2.50 bits per heavy atom. The first-order valence-corrected chi connectivity index (χ1v) is 9.25. The van der Waals surface area contributed by atoms with Gasteiger partial charge >= 0.3 is 7.75 Å². The highest BCUT2D eigenvalue weighted by atomic mass is 31.2. The molecule has 1 aliphatic rings. The summed E-state index contributed by atoms with van der Waals surface area (Å²) in [5.74, 6) is -4.65. The molecule has 10 heteroatoms. The zero-order valence-electron chi connectivity index (χ0n) is 13.8. The van der Waals surface area contributed by atoms with Crippen LogP contribution in [0.3, 0.4) is 0 Å². The molecule has 7 N–H and O–H groups in total. The van der Waals surface area contributed by atoms with Crippen LogP contribution in [-0.4, -0.2) is 41.8 Å². The van der Waals surface area contributed by atoms with Gasteiger partial charge in [0.1, 0.15) is 11.5 Å². The average molecular weight is 385 g/mol. The van der Waals surface area contributed by atoms with Crippen molar-refractivity contribution in [3.8, 4) is 5.75 Å². The fourth-order valence-electron chi connectivity index (χ4n) is 2.89. The molecule has 0 spiro atoms. The molecule has 0 heterocycles. The standard InChI is InChI=1S/C16H20NO8P/c1-9(10-3-2-4-11(18)5-10)8-16(21,22)15-13(17-26(23,24)25)6-12(19)7-14(15)20/h2-5,7,9,18,20-22H,6,8H2,1H3,(H3,17,23,24,25). The van der Waals surface area contributed by atoms with Gasteiger partial charge in [0.05, 0.1) is 12.0 Å². The molecule has 1 aromatic carbocycles. The highest BCUT2D eigenvalue weighted by Gasteiger charge is 2.39. The Kier molecular flexibility index (Phi) is 5.60. The van der Waals surface area contributed by atoms with E-state index in [1.54, 1.807) is 24.1 Å². The van der Waals surface area contributed by atoms with Gasteiger partial charge in [-0.2, -0.15) is 0 Å². The van der Waals surface area contributed by atoms with Crippen molar-refractivity contribution in [1.29, 1.82) is 0 Å². The monoisotopic (exact) mass is 385 g/mol. The van der Waals surface area contributed by atoms with E-state index < -0.39 is 48.7 Å². The number of aromatic hydroxyl groups is 1. The van der Waals surface area contributed by atoms with Gasteiger partial charge in [0.2, 0.25) is 0 Å². The summed E-state index contributed by atoms with van der Waals surface area (Å²) >= 11 is 0. The first kappa shape index (κ1) is 20.2. The third-order valence-electron chi connectivity index (χ3n) is 3.92. The number of rotatable bonds is 6. The van der Waals surface area contributed by atoms with Gasteiger partial charge in [-0.3, -0.25) is 9.88 Å². The van der Waals surface area contributed by atoms with Crippen molar-refractivity contribution < 1.29 is 39.6 Å². The predicted octanol–water partition coefficient (Wildman–Crippen LogP) is 0.918. The number of aliphatic hydroxyl groups is 3. The lowest BCUT2D eigenvalue weighted by atomic mass is 9.86. The number of ketones is 1. The Hall–Kier alpha value is -2.16. The van der Waals surface area contributed by atoms with Crippen molar-refractivity contribution in [3.05, 3.63) is 52.9 Å². The topological polar surface area (TPSA) is 168 Å². The van der Waals surface area contributed by atoms with E-state index in [1.165, 1.54) is 12.1 Å². The summed E-state index contributed by atoms with van der Waals surface area (Å²) in [6, 6.07) is 6.12. The van der Waals surface area contributed by atoms with Crippen LogP contribution in [0.5, 0.6) is 5.75 Å². The predicted molar refractivity (Wildman–Crippen MR) is 90.8 cm³/mol. The van der Waals surface area contributed by atoms with Crippen LogP contribution in [-0.2, 0) is 9.36 Å². The normalized spacial score (nSPS) is 17.1. The molecule has 1 aliphatic carbocycles. The number of nitrogens with one attached hydrogen (secondary N) is 1. The van der Waals surface area contributed by atoms with Gasteiger partial charge in [0.15, 0.2) is 11.6 Å². The molecule has 0 aliphatic heterocycles. The summed E-state index contributed by atoms with van der Waals surface area (Å²) in [6.45, 7) is 1.64. The van der Waals surface area contributed by atoms with Crippen LogP contribution < -0.4 is 5.09 Å². The number of hydrogen-bond donors (Lipinski definition) is 7. The minimum atomic E-state index is -4.85. The van der Waals surface area contributed by atoms with Crippen molar-refractivity contribution >= 4 is 13.5 Å². The smallest absolute Gasteiger partial charge is 0.427 e. The molecule has 1 unspecified atom stereocenters. The Morgan fingerprint density at radius 1 is 1.27 bits per heavy atom. The Bertz CT molecular complexity index is 823. The first-order valence-electron chi connectivity index (χ1n) is 7.64. The molecule has 0 amide bonds. The largest absolute Gasteiger partial charge is 0.508 e. The molecule has 0 bridgehead atoms. The van der Waals surface area contributed by atoms with Gasteiger partial charge in [0.25, 0.3) is 0 Å². The minimum absolute atomic E-state index is 0.00935. The van der Waals surface area contributed by atoms with Crippen LogP contribution in [0.15, 0.2) is 47.4 Å². The van der Waals surface area contributed by atoms with E-state index in [-0.39, 0.29) is 12.2 Å². The second-order valence-electron chi connectivity index (χ2n) is 6.20. The number of hydrogen-bond acceptors (Lipinski definition) is 6. The Balaban J connectivity index is 2.39. The summed E-state index contributed by atoms with van der Waals surface area (Å²) in [4.78, 5) is 29.7. The maximum absolute atomic E-state index is 11.6. The zero-order chi connectivity index (χ0) is 19.7. The molecule has 26 heavy (non-hydrogen) atoms. The number of carbonyl (C=O) groups excluding carboxylic acids is 1. The van der Waals surface area contributed by atoms with E-state index in [0.29, 0.717) is 5.56 Å². The third kappa shape index (κ3) is 4.94. The molecule has 9 nitrogen and oxygen atoms in total. The lowest BCUT2D eigenvalue weighted by Crippen LogP contribution is -2.38. The first-order chi connectivity index (χ1) is 11.9. The van der Waals surface area contributed by atoms with Crippen molar-refractivity contribution in [2.75, 3.05) is 0 Å². The zero-order valence-corrected chi connectivity index (χ0v) is 14.7. The van der Waals surface area contributed by atoms with E-state index in [0.717, 1.165) is 6.08 Å². The van der Waals surface area contributed by atoms with Gasteiger partial charge in [-0.05, 0) is 23.6 Å². The van der Waals surface area contributed by atoms with Crippen LogP contribution in [0, 0.1) is 0 Å². The second-order valence-corrected chi connectivity index (χ2v) is 7.51. The van der Waals surface area contributed by atoms with E-state index >= 15 is 0 Å². The quantitative estimate of drug-likeness (QED) is 0.278. The second kappa shape index (κ2) is 7.22. The van der Waals surface area contributed by atoms with Crippen molar-refractivity contribution in [3.63, 3.8) is 0 Å². The van der Waals surface area contributed by atoms with Gasteiger partial charge in [-0.25, -0.2) is 4.57 Å². The molecule has 0 saturated carbocycles. The highest BCUT2D eigenvalue weighted by Crippen LogP contribution is 2.39. The molecule has 1 aromatic rings. The molecular weight excluding hydrogens is 365 g/mol. The van der Waals surface area contributed by atoms with Gasteiger partial charge in [0, 0.05) is 18.2 Å². The number of allylic oxidation sites excluding steroid dienone is 2. The Labute approximate surface area is 149 Å². The number of aliphatic hydroxyl groups excluding tert-OH is 1. The van der Waals surface area contributed by atoms with Crippen LogP contribution in [0.4, 0.5) is 0 Å². The molecular formula is C16H20NO8P. The van der Waals surface area contributed by atoms with Crippen LogP contribution >= 0.6 is 7.75 Å². The summed E-state index contributed by atoms with van der Waals surface area (Å²) in [5.41, 5.74) is -0.457. The lowest BCUT2D eigenvalue weighted by molar-refractivity contribution is -0.138. The molecule has 0 radical (unpaired) electrons. The van der Waals surface area contributed by atoms with E-state index in [9.17, 15) is 29.8 Å². The highest BCUT2D eigenvalue weighted by molar-refractivity contribution is 7.49. The Morgan fingerprint density at radius 2 is 1.92 bits per heavy atom. The minimum Gasteiger partial charge on any atom is -0.508 e. The van der Waals surface area contributed by atoms with E-state index in [2.05, 4.69) is 0 Å². The number of carbonyl (C=O) groups is 1. The van der Waals surface area contributed by atoms with Crippen molar-refractivity contribution in [2.45, 2.75) is 31.5 Å². The fraction of sp³-hybridized carbons (Fsp3) is 0.312. The van der Waals surface area contributed by atoms with Gasteiger partial charge < -0.3 is 30.2 Å². The summed E-state index contributed by atoms with van der Waals surface area (Å²) < 4.78 is 11.2. The maximum atomic E-state index is 11.6. The number of benzene rings is 1. The van der Waals surface area contributed by atoms with Crippen molar-refractivity contribution in [1.82, 2.24) is 5.09 Å². The van der Waals surface area contributed by atoms with Crippen molar-refractivity contribution in [2.24, 2.45) is 0 Å². The molecule has 0 fully saturated rings. The van der Waals surface area contributed by atoms with Crippen LogP contribution in [0.1, 0.15) is 31.2 Å². The summed E-state index contributed by atoms with van der Waals surface area (Å²) in [5, 5.41) is 42.3. The van der Waals surface area contributed by atoms with E-state index in [4.69, 9.17) is 9.79 Å².